The second-order valence-electron chi connectivity index (χ2n) is 5.93. The molecular weight excluding hydrogens is 317 g/mol. The molecule has 0 aliphatic heterocycles. The van der Waals surface area contributed by atoms with Crippen LogP contribution in [0.3, 0.4) is 0 Å². The summed E-state index contributed by atoms with van der Waals surface area (Å²) in [6, 6.07) is 0. The predicted octanol–water partition coefficient (Wildman–Crippen LogP) is 4.31. The molecule has 0 radical (unpaired) electrons. The highest BCUT2D eigenvalue weighted by Crippen LogP contribution is 2.43. The molecule has 1 atom stereocenters. The van der Waals surface area contributed by atoms with Gasteiger partial charge in [0.1, 0.15) is 6.61 Å². The Kier molecular flexibility index (Phi) is 14.9. The third kappa shape index (κ3) is 17.8. The average molecular weight is 351 g/mol. The Bertz CT molecular complexity index is 338. The number of amides is 1. The molecule has 0 rings (SSSR count). The highest BCUT2D eigenvalue weighted by molar-refractivity contribution is 7.47. The van der Waals surface area contributed by atoms with Gasteiger partial charge in [-0.05, 0) is 6.42 Å². The lowest BCUT2D eigenvalue weighted by Gasteiger charge is -2.10. The Morgan fingerprint density at radius 3 is 1.74 bits per heavy atom. The first kappa shape index (κ1) is 22.6. The van der Waals surface area contributed by atoms with Gasteiger partial charge in [-0.2, -0.15) is 0 Å². The summed E-state index contributed by atoms with van der Waals surface area (Å²) >= 11 is 0. The maximum absolute atomic E-state index is 11.3. The van der Waals surface area contributed by atoms with Gasteiger partial charge in [0, 0.05) is 0 Å². The van der Waals surface area contributed by atoms with Gasteiger partial charge in [-0.1, -0.05) is 77.6 Å². The summed E-state index contributed by atoms with van der Waals surface area (Å²) in [6.07, 6.45) is 14.6. The van der Waals surface area contributed by atoms with Gasteiger partial charge >= 0.3 is 7.82 Å². The van der Waals surface area contributed by atoms with Gasteiger partial charge in [-0.3, -0.25) is 13.8 Å². The fourth-order valence-corrected chi connectivity index (χ4v) is 3.03. The average Bonchev–Trinajstić information content (AvgIpc) is 2.50. The molecule has 0 aromatic rings. The number of primary amides is 1. The summed E-state index contributed by atoms with van der Waals surface area (Å²) < 4.78 is 20.5. The molecule has 0 aromatic carbocycles. The Hall–Kier alpha value is -0.420. The molecule has 0 spiro atoms. The number of unbranched alkanes of at least 4 members (excludes halogenated alkanes) is 11. The van der Waals surface area contributed by atoms with Gasteiger partial charge in [-0.15, -0.1) is 0 Å². The topological polar surface area (TPSA) is 98.8 Å². The first-order chi connectivity index (χ1) is 11.0. The third-order valence-electron chi connectivity index (χ3n) is 3.62. The highest BCUT2D eigenvalue weighted by atomic mass is 31.2. The zero-order valence-electron chi connectivity index (χ0n) is 14.5. The van der Waals surface area contributed by atoms with Crippen molar-refractivity contribution < 1.29 is 23.3 Å². The Morgan fingerprint density at radius 1 is 0.870 bits per heavy atom. The van der Waals surface area contributed by atoms with Crippen molar-refractivity contribution in [3.63, 3.8) is 0 Å². The number of rotatable bonds is 17. The fourth-order valence-electron chi connectivity index (χ4n) is 2.31. The summed E-state index contributed by atoms with van der Waals surface area (Å²) in [5.41, 5.74) is 4.82. The summed E-state index contributed by atoms with van der Waals surface area (Å²) in [5.74, 6) is -0.798. The molecule has 0 saturated heterocycles. The number of carbonyl (C=O) groups excluding carboxylic acids is 1. The standard InChI is InChI=1S/C16H34NO5P/c1-2-3-4-5-6-7-8-9-10-11-12-13-14-21-23(19,20)22-15-16(17)18/h2-15H2,1H3,(H2,17,18)(H,19,20). The van der Waals surface area contributed by atoms with Crippen LogP contribution in [-0.2, 0) is 18.4 Å². The molecule has 0 fully saturated rings. The van der Waals surface area contributed by atoms with Crippen LogP contribution in [0.15, 0.2) is 0 Å². The first-order valence-corrected chi connectivity index (χ1v) is 10.4. The fraction of sp³-hybridized carbons (Fsp3) is 0.938. The number of hydrogen-bond acceptors (Lipinski definition) is 4. The van der Waals surface area contributed by atoms with Crippen LogP contribution in [0.2, 0.25) is 0 Å². The van der Waals surface area contributed by atoms with E-state index in [4.69, 9.17) is 10.3 Å². The normalized spacial score (nSPS) is 13.8. The van der Waals surface area contributed by atoms with Crippen molar-refractivity contribution in [1.29, 1.82) is 0 Å². The second kappa shape index (κ2) is 15.1. The molecule has 23 heavy (non-hydrogen) atoms. The van der Waals surface area contributed by atoms with Crippen molar-refractivity contribution in [3.8, 4) is 0 Å². The zero-order valence-corrected chi connectivity index (χ0v) is 15.4. The number of carbonyl (C=O) groups is 1. The molecule has 0 aliphatic carbocycles. The maximum atomic E-state index is 11.3. The second-order valence-corrected chi connectivity index (χ2v) is 7.38. The van der Waals surface area contributed by atoms with Crippen LogP contribution in [0.4, 0.5) is 0 Å². The lowest BCUT2D eigenvalue weighted by molar-refractivity contribution is -0.120. The van der Waals surface area contributed by atoms with E-state index < -0.39 is 20.3 Å². The Balaban J connectivity index is 3.27. The molecule has 0 aliphatic rings. The molecule has 7 heteroatoms. The highest BCUT2D eigenvalue weighted by Gasteiger charge is 2.21. The van der Waals surface area contributed by atoms with Gasteiger partial charge in [0.15, 0.2) is 0 Å². The number of phosphoric ester groups is 1. The van der Waals surface area contributed by atoms with Gasteiger partial charge in [0.2, 0.25) is 5.91 Å². The minimum Gasteiger partial charge on any atom is -0.368 e. The van der Waals surface area contributed by atoms with Crippen LogP contribution in [0, 0.1) is 0 Å². The van der Waals surface area contributed by atoms with E-state index in [9.17, 15) is 14.3 Å². The van der Waals surface area contributed by atoms with Gasteiger partial charge in [0.25, 0.3) is 0 Å². The van der Waals surface area contributed by atoms with Gasteiger partial charge < -0.3 is 10.6 Å². The first-order valence-electron chi connectivity index (χ1n) is 8.88. The van der Waals surface area contributed by atoms with Crippen LogP contribution >= 0.6 is 7.82 Å². The van der Waals surface area contributed by atoms with Crippen LogP contribution in [0.1, 0.15) is 84.0 Å². The zero-order chi connectivity index (χ0) is 17.4. The van der Waals surface area contributed by atoms with Crippen molar-refractivity contribution in [2.45, 2.75) is 84.0 Å². The molecule has 138 valence electrons. The lowest BCUT2D eigenvalue weighted by atomic mass is 10.1. The van der Waals surface area contributed by atoms with E-state index >= 15 is 0 Å². The maximum Gasteiger partial charge on any atom is 0.472 e. The Morgan fingerprint density at radius 2 is 1.30 bits per heavy atom. The molecule has 0 saturated carbocycles. The van der Waals surface area contributed by atoms with E-state index in [1.165, 1.54) is 57.8 Å². The van der Waals surface area contributed by atoms with Crippen LogP contribution in [0.25, 0.3) is 0 Å². The third-order valence-corrected chi connectivity index (χ3v) is 4.59. The van der Waals surface area contributed by atoms with Gasteiger partial charge in [-0.25, -0.2) is 4.57 Å². The lowest BCUT2D eigenvalue weighted by Crippen LogP contribution is -2.17. The largest absolute Gasteiger partial charge is 0.472 e. The molecule has 6 nitrogen and oxygen atoms in total. The summed E-state index contributed by atoms with van der Waals surface area (Å²) in [7, 11) is -4.13. The SMILES string of the molecule is CCCCCCCCCCCCCCOP(=O)(O)OCC(N)=O. The van der Waals surface area contributed by atoms with Crippen LogP contribution < -0.4 is 5.73 Å². The summed E-state index contributed by atoms with van der Waals surface area (Å²) in [6.45, 7) is 1.79. The van der Waals surface area contributed by atoms with E-state index in [1.54, 1.807) is 0 Å². The quantitative estimate of drug-likeness (QED) is 0.300. The number of nitrogens with two attached hydrogens (primary N) is 1. The minimum absolute atomic E-state index is 0.157. The van der Waals surface area contributed by atoms with Crippen molar-refractivity contribution in [3.05, 3.63) is 0 Å². The van der Waals surface area contributed by atoms with Crippen molar-refractivity contribution in [1.82, 2.24) is 0 Å². The smallest absolute Gasteiger partial charge is 0.368 e. The summed E-state index contributed by atoms with van der Waals surface area (Å²) in [5, 5.41) is 0. The van der Waals surface area contributed by atoms with Gasteiger partial charge in [0.05, 0.1) is 6.61 Å². The minimum atomic E-state index is -4.13. The molecule has 0 bridgehead atoms. The molecule has 1 amide bonds. The van der Waals surface area contributed by atoms with E-state index in [0.29, 0.717) is 6.42 Å². The predicted molar refractivity (Wildman–Crippen MR) is 92.0 cm³/mol. The molecule has 3 N–H and O–H groups in total. The monoisotopic (exact) mass is 351 g/mol. The van der Waals surface area contributed by atoms with Crippen LogP contribution in [0.5, 0.6) is 0 Å². The number of hydrogen-bond donors (Lipinski definition) is 2. The van der Waals surface area contributed by atoms with E-state index in [0.717, 1.165) is 12.8 Å². The summed E-state index contributed by atoms with van der Waals surface area (Å²) in [4.78, 5) is 19.7. The van der Waals surface area contributed by atoms with Crippen molar-refractivity contribution in [2.24, 2.45) is 5.73 Å². The number of phosphoric acid groups is 1. The molecule has 0 heterocycles. The van der Waals surface area contributed by atoms with E-state index in [1.807, 2.05) is 0 Å². The molecule has 0 aromatic heterocycles. The van der Waals surface area contributed by atoms with E-state index in [-0.39, 0.29) is 6.61 Å². The van der Waals surface area contributed by atoms with Crippen molar-refractivity contribution >= 4 is 13.7 Å². The van der Waals surface area contributed by atoms with Crippen LogP contribution in [-0.4, -0.2) is 24.0 Å². The molecular formula is C16H34NO5P. The van der Waals surface area contributed by atoms with E-state index in [2.05, 4.69) is 11.4 Å². The molecule has 1 unspecified atom stereocenters. The van der Waals surface area contributed by atoms with Crippen molar-refractivity contribution in [2.75, 3.05) is 13.2 Å². The Labute approximate surface area is 140 Å².